The number of rotatable bonds is 8. The minimum atomic E-state index is -0.549. The van der Waals surface area contributed by atoms with Crippen molar-refractivity contribution in [2.45, 2.75) is 65.0 Å². The van der Waals surface area contributed by atoms with Gasteiger partial charge in [0.15, 0.2) is 0 Å². The van der Waals surface area contributed by atoms with Crippen molar-refractivity contribution in [2.24, 2.45) is 29.1 Å². The Hall–Kier alpha value is -1.96. The van der Waals surface area contributed by atoms with Crippen LogP contribution in [0.5, 0.6) is 0 Å². The highest BCUT2D eigenvalue weighted by Crippen LogP contribution is 2.55. The molecule has 1 saturated heterocycles. The fraction of sp³-hybridized carbons (Fsp3) is 0.724. The maximum atomic E-state index is 13.0. The molecule has 0 aromatic heterocycles. The molecule has 4 rings (SSSR count). The molecular formula is C29H45N3O4. The molecule has 0 spiro atoms. The van der Waals surface area contributed by atoms with E-state index in [1.807, 2.05) is 37.3 Å². The first-order valence-corrected chi connectivity index (χ1v) is 13.9. The second-order valence-electron chi connectivity index (χ2n) is 11.6. The number of aliphatic hydroxyl groups is 1. The molecule has 200 valence electrons. The number of hydrogen-bond acceptors (Lipinski definition) is 5. The van der Waals surface area contributed by atoms with Gasteiger partial charge in [0, 0.05) is 38.1 Å². The second-order valence-corrected chi connectivity index (χ2v) is 11.6. The number of amides is 2. The predicted molar refractivity (Wildman–Crippen MR) is 140 cm³/mol. The molecule has 36 heavy (non-hydrogen) atoms. The molecule has 3 aliphatic rings. The molecule has 1 heterocycles. The van der Waals surface area contributed by atoms with Crippen LogP contribution in [0.25, 0.3) is 0 Å². The van der Waals surface area contributed by atoms with E-state index in [2.05, 4.69) is 29.4 Å². The van der Waals surface area contributed by atoms with Crippen LogP contribution in [0.1, 0.15) is 52.0 Å². The zero-order chi connectivity index (χ0) is 25.7. The van der Waals surface area contributed by atoms with Gasteiger partial charge in [0.1, 0.15) is 0 Å². The Morgan fingerprint density at radius 3 is 2.58 bits per heavy atom. The summed E-state index contributed by atoms with van der Waals surface area (Å²) in [5.74, 6) is -0.0146. The summed E-state index contributed by atoms with van der Waals surface area (Å²) in [6.45, 7) is 11.2. The van der Waals surface area contributed by atoms with Crippen LogP contribution in [-0.2, 0) is 20.7 Å². The van der Waals surface area contributed by atoms with E-state index in [0.29, 0.717) is 13.0 Å². The topological polar surface area (TPSA) is 90.9 Å². The third kappa shape index (κ3) is 6.29. The van der Waals surface area contributed by atoms with Crippen LogP contribution in [0.3, 0.4) is 0 Å². The zero-order valence-corrected chi connectivity index (χ0v) is 22.2. The van der Waals surface area contributed by atoms with Crippen LogP contribution in [0.15, 0.2) is 30.3 Å². The molecule has 3 N–H and O–H groups in total. The molecule has 1 aromatic rings. The molecule has 3 fully saturated rings. The van der Waals surface area contributed by atoms with E-state index >= 15 is 0 Å². The molecule has 2 aliphatic carbocycles. The molecule has 7 heteroatoms. The number of carbonyl (C=O) groups is 2. The first kappa shape index (κ1) is 27.1. The molecule has 7 nitrogen and oxygen atoms in total. The minimum absolute atomic E-state index is 0.0343. The van der Waals surface area contributed by atoms with E-state index < -0.39 is 6.10 Å². The summed E-state index contributed by atoms with van der Waals surface area (Å²) in [6, 6.07) is 9.86. The van der Waals surface area contributed by atoms with E-state index in [4.69, 9.17) is 4.74 Å². The fourth-order valence-corrected chi connectivity index (χ4v) is 7.05. The number of ether oxygens (including phenoxy) is 1. The van der Waals surface area contributed by atoms with Crippen LogP contribution in [-0.4, -0.2) is 73.4 Å². The zero-order valence-electron chi connectivity index (χ0n) is 22.2. The SMILES string of the molecule is C[C@H]1[C@@H]2[C@@H](O)[C@H]([C@H](C)C(=O)NCCN3CCOCC3)CC[C@@]2(C)CC[C@@H]1NC(=O)Cc1ccccc1. The van der Waals surface area contributed by atoms with Crippen molar-refractivity contribution >= 4 is 11.8 Å². The van der Waals surface area contributed by atoms with E-state index in [0.717, 1.165) is 64.1 Å². The summed E-state index contributed by atoms with van der Waals surface area (Å²) in [6.07, 6.45) is 3.63. The molecule has 0 radical (unpaired) electrons. The Bertz CT molecular complexity index is 875. The van der Waals surface area contributed by atoms with Crippen LogP contribution in [0.2, 0.25) is 0 Å². The van der Waals surface area contributed by atoms with Gasteiger partial charge in [0.25, 0.3) is 0 Å². The third-order valence-corrected chi connectivity index (χ3v) is 9.33. The Morgan fingerprint density at radius 1 is 1.17 bits per heavy atom. The van der Waals surface area contributed by atoms with Gasteiger partial charge < -0.3 is 20.5 Å². The van der Waals surface area contributed by atoms with Crippen molar-refractivity contribution in [3.8, 4) is 0 Å². The van der Waals surface area contributed by atoms with Gasteiger partial charge in [-0.1, -0.05) is 51.1 Å². The van der Waals surface area contributed by atoms with E-state index in [-0.39, 0.29) is 46.9 Å². The van der Waals surface area contributed by atoms with Gasteiger partial charge in [-0.15, -0.1) is 0 Å². The van der Waals surface area contributed by atoms with Crippen molar-refractivity contribution in [3.05, 3.63) is 35.9 Å². The number of aliphatic hydroxyl groups excluding tert-OH is 1. The smallest absolute Gasteiger partial charge is 0.224 e. The third-order valence-electron chi connectivity index (χ3n) is 9.33. The normalized spacial score (nSPS) is 33.8. The summed E-state index contributed by atoms with van der Waals surface area (Å²) >= 11 is 0. The highest BCUT2D eigenvalue weighted by atomic mass is 16.5. The van der Waals surface area contributed by atoms with Gasteiger partial charge in [0.2, 0.25) is 11.8 Å². The molecule has 7 atom stereocenters. The highest BCUT2D eigenvalue weighted by molar-refractivity contribution is 5.79. The standard InChI is InChI=1S/C29H45N3O4/c1-20(28(35)30-13-14-32-15-17-36-18-16-32)23-9-11-29(3)12-10-24(21(2)26(29)27(23)34)31-25(33)19-22-7-5-4-6-8-22/h4-8,20-21,23-24,26-27,34H,9-19H2,1-3H3,(H,30,35)(H,31,33)/t20-,21+,23-,24-,26+,27-,29-/m0/s1. The van der Waals surface area contributed by atoms with Gasteiger partial charge in [-0.05, 0) is 54.4 Å². The lowest BCUT2D eigenvalue weighted by molar-refractivity contribution is -0.143. The van der Waals surface area contributed by atoms with Crippen LogP contribution >= 0.6 is 0 Å². The van der Waals surface area contributed by atoms with Crippen LogP contribution in [0.4, 0.5) is 0 Å². The van der Waals surface area contributed by atoms with Crippen LogP contribution < -0.4 is 10.6 Å². The molecule has 1 aromatic carbocycles. The highest BCUT2D eigenvalue weighted by Gasteiger charge is 2.53. The van der Waals surface area contributed by atoms with E-state index in [1.54, 1.807) is 0 Å². The van der Waals surface area contributed by atoms with Crippen molar-refractivity contribution in [1.29, 1.82) is 0 Å². The summed E-state index contributed by atoms with van der Waals surface area (Å²) in [7, 11) is 0. The number of carbonyl (C=O) groups excluding carboxylic acids is 2. The van der Waals surface area contributed by atoms with E-state index in [9.17, 15) is 14.7 Å². The van der Waals surface area contributed by atoms with Gasteiger partial charge in [0.05, 0.1) is 25.7 Å². The monoisotopic (exact) mass is 499 g/mol. The van der Waals surface area contributed by atoms with Crippen molar-refractivity contribution in [2.75, 3.05) is 39.4 Å². The summed E-state index contributed by atoms with van der Waals surface area (Å²) in [4.78, 5) is 28.1. The largest absolute Gasteiger partial charge is 0.392 e. The summed E-state index contributed by atoms with van der Waals surface area (Å²) in [5.41, 5.74) is 1.05. The number of nitrogens with one attached hydrogen (secondary N) is 2. The van der Waals surface area contributed by atoms with Crippen LogP contribution in [0, 0.1) is 29.1 Å². The molecular weight excluding hydrogens is 454 g/mol. The molecule has 2 amide bonds. The van der Waals surface area contributed by atoms with Gasteiger partial charge in [-0.25, -0.2) is 0 Å². The maximum Gasteiger partial charge on any atom is 0.224 e. The Morgan fingerprint density at radius 2 is 1.86 bits per heavy atom. The Labute approximate surface area is 216 Å². The molecule has 1 aliphatic heterocycles. The van der Waals surface area contributed by atoms with Crippen molar-refractivity contribution < 1.29 is 19.4 Å². The quantitative estimate of drug-likeness (QED) is 0.512. The molecule has 0 unspecified atom stereocenters. The Kier molecular flexibility index (Phi) is 9.07. The second kappa shape index (κ2) is 12.1. The van der Waals surface area contributed by atoms with Gasteiger partial charge >= 0.3 is 0 Å². The summed E-state index contributed by atoms with van der Waals surface area (Å²) in [5, 5.41) is 18.0. The molecule has 0 bridgehead atoms. The Balaban J connectivity index is 1.33. The number of fused-ring (bicyclic) bond motifs is 1. The lowest BCUT2D eigenvalue weighted by atomic mass is 9.51. The molecule has 2 saturated carbocycles. The number of morpholine rings is 1. The lowest BCUT2D eigenvalue weighted by Gasteiger charge is -2.56. The summed E-state index contributed by atoms with van der Waals surface area (Å²) < 4.78 is 5.39. The van der Waals surface area contributed by atoms with E-state index in [1.165, 1.54) is 0 Å². The average molecular weight is 500 g/mol. The van der Waals surface area contributed by atoms with Crippen molar-refractivity contribution in [1.82, 2.24) is 15.5 Å². The fourth-order valence-electron chi connectivity index (χ4n) is 7.05. The van der Waals surface area contributed by atoms with Gasteiger partial charge in [-0.2, -0.15) is 0 Å². The first-order valence-electron chi connectivity index (χ1n) is 13.9. The number of nitrogens with zero attached hydrogens (tertiary/aromatic N) is 1. The number of hydrogen-bond donors (Lipinski definition) is 3. The van der Waals surface area contributed by atoms with Gasteiger partial charge in [-0.3, -0.25) is 14.5 Å². The maximum absolute atomic E-state index is 13.0. The minimum Gasteiger partial charge on any atom is -0.392 e. The lowest BCUT2D eigenvalue weighted by Crippen LogP contribution is -2.58. The van der Waals surface area contributed by atoms with Crippen molar-refractivity contribution in [3.63, 3.8) is 0 Å². The average Bonchev–Trinajstić information content (AvgIpc) is 2.87. The predicted octanol–water partition coefficient (Wildman–Crippen LogP) is 2.62. The first-order chi connectivity index (χ1) is 17.3. The number of benzene rings is 1.